The molecular formula is C22H30N2O. The molecular weight excluding hydrogens is 308 g/mol. The highest BCUT2D eigenvalue weighted by Gasteiger charge is 2.16. The highest BCUT2D eigenvalue weighted by Crippen LogP contribution is 2.17. The van der Waals surface area contributed by atoms with E-state index in [1.165, 1.54) is 16.8 Å². The predicted octanol–water partition coefficient (Wildman–Crippen LogP) is 3.77. The normalized spacial score (nSPS) is 15.5. The van der Waals surface area contributed by atoms with Gasteiger partial charge in [0.15, 0.2) is 0 Å². The van der Waals surface area contributed by atoms with Crippen molar-refractivity contribution >= 4 is 5.69 Å². The van der Waals surface area contributed by atoms with Crippen molar-refractivity contribution in [2.75, 3.05) is 50.8 Å². The molecule has 2 aromatic rings. The highest BCUT2D eigenvalue weighted by molar-refractivity contribution is 5.48. The van der Waals surface area contributed by atoms with Gasteiger partial charge in [-0.05, 0) is 43.0 Å². The van der Waals surface area contributed by atoms with Crippen molar-refractivity contribution in [3.05, 3.63) is 65.7 Å². The van der Waals surface area contributed by atoms with Crippen LogP contribution in [0, 0.1) is 6.92 Å². The molecule has 0 atom stereocenters. The molecule has 0 spiro atoms. The van der Waals surface area contributed by atoms with Gasteiger partial charge in [0.25, 0.3) is 0 Å². The van der Waals surface area contributed by atoms with E-state index in [0.29, 0.717) is 0 Å². The van der Waals surface area contributed by atoms with Crippen molar-refractivity contribution in [1.29, 1.82) is 0 Å². The van der Waals surface area contributed by atoms with E-state index in [9.17, 15) is 0 Å². The van der Waals surface area contributed by atoms with Gasteiger partial charge < -0.3 is 9.64 Å². The molecule has 0 amide bonds. The number of aryl methyl sites for hydroxylation is 1. The predicted molar refractivity (Wildman–Crippen MR) is 105 cm³/mol. The van der Waals surface area contributed by atoms with Gasteiger partial charge in [-0.1, -0.05) is 42.5 Å². The maximum absolute atomic E-state index is 5.80. The number of rotatable bonds is 8. The second-order valence-electron chi connectivity index (χ2n) is 6.87. The lowest BCUT2D eigenvalue weighted by Gasteiger charge is -2.36. The molecule has 0 saturated carbocycles. The first-order chi connectivity index (χ1) is 12.3. The monoisotopic (exact) mass is 338 g/mol. The third kappa shape index (κ3) is 5.87. The molecule has 0 N–H and O–H groups in total. The van der Waals surface area contributed by atoms with Crippen LogP contribution in [0.4, 0.5) is 5.69 Å². The highest BCUT2D eigenvalue weighted by atomic mass is 16.5. The van der Waals surface area contributed by atoms with Crippen LogP contribution in [0.2, 0.25) is 0 Å². The lowest BCUT2D eigenvalue weighted by molar-refractivity contribution is 0.122. The summed E-state index contributed by atoms with van der Waals surface area (Å²) < 4.78 is 5.80. The third-order valence-electron chi connectivity index (χ3n) is 4.88. The van der Waals surface area contributed by atoms with Crippen LogP contribution in [0.3, 0.4) is 0 Å². The van der Waals surface area contributed by atoms with Crippen molar-refractivity contribution in [2.45, 2.75) is 19.8 Å². The van der Waals surface area contributed by atoms with Crippen LogP contribution in [0.1, 0.15) is 17.5 Å². The van der Waals surface area contributed by atoms with Crippen LogP contribution in [0.15, 0.2) is 54.6 Å². The number of nitrogens with zero attached hydrogens (tertiary/aromatic N) is 2. The van der Waals surface area contributed by atoms with Crippen LogP contribution in [-0.4, -0.2) is 50.8 Å². The van der Waals surface area contributed by atoms with Crippen molar-refractivity contribution in [3.63, 3.8) is 0 Å². The zero-order valence-electron chi connectivity index (χ0n) is 15.4. The fourth-order valence-corrected chi connectivity index (χ4v) is 3.38. The second-order valence-corrected chi connectivity index (χ2v) is 6.87. The summed E-state index contributed by atoms with van der Waals surface area (Å²) in [6.07, 6.45) is 2.13. The molecule has 0 aliphatic carbocycles. The first-order valence-corrected chi connectivity index (χ1v) is 9.47. The van der Waals surface area contributed by atoms with Gasteiger partial charge in [-0.2, -0.15) is 0 Å². The van der Waals surface area contributed by atoms with Gasteiger partial charge in [0, 0.05) is 45.0 Å². The lowest BCUT2D eigenvalue weighted by Crippen LogP contribution is -2.46. The Kier molecular flexibility index (Phi) is 6.89. The van der Waals surface area contributed by atoms with E-state index in [4.69, 9.17) is 4.74 Å². The minimum absolute atomic E-state index is 0.825. The standard InChI is InChI=1S/C22H30N2O/c1-20-7-5-10-22(19-20)24-15-13-23(14-16-24)12-6-17-25-18-11-21-8-3-2-4-9-21/h2-5,7-10,19H,6,11-18H2,1H3. The van der Waals surface area contributed by atoms with Crippen molar-refractivity contribution < 1.29 is 4.74 Å². The Morgan fingerprint density at radius 2 is 1.68 bits per heavy atom. The van der Waals surface area contributed by atoms with E-state index in [1.54, 1.807) is 0 Å². The van der Waals surface area contributed by atoms with E-state index < -0.39 is 0 Å². The molecule has 3 heteroatoms. The summed E-state index contributed by atoms with van der Waals surface area (Å²) in [7, 11) is 0. The average molecular weight is 338 g/mol. The smallest absolute Gasteiger partial charge is 0.0506 e. The number of ether oxygens (including phenoxy) is 1. The molecule has 3 nitrogen and oxygen atoms in total. The number of piperazine rings is 1. The summed E-state index contributed by atoms with van der Waals surface area (Å²) >= 11 is 0. The minimum Gasteiger partial charge on any atom is -0.381 e. The molecule has 0 bridgehead atoms. The van der Waals surface area contributed by atoms with Gasteiger partial charge in [-0.25, -0.2) is 0 Å². The Labute approximate surface area is 152 Å². The molecule has 1 saturated heterocycles. The fraction of sp³-hybridized carbons (Fsp3) is 0.455. The summed E-state index contributed by atoms with van der Waals surface area (Å²) in [5.74, 6) is 0. The number of hydrogen-bond acceptors (Lipinski definition) is 3. The maximum atomic E-state index is 5.80. The van der Waals surface area contributed by atoms with Gasteiger partial charge >= 0.3 is 0 Å². The Morgan fingerprint density at radius 3 is 2.44 bits per heavy atom. The summed E-state index contributed by atoms with van der Waals surface area (Å²) in [5.41, 5.74) is 4.06. The van der Waals surface area contributed by atoms with Crippen molar-refractivity contribution in [3.8, 4) is 0 Å². The molecule has 1 fully saturated rings. The van der Waals surface area contributed by atoms with E-state index in [2.05, 4.69) is 71.3 Å². The van der Waals surface area contributed by atoms with Gasteiger partial charge in [-0.15, -0.1) is 0 Å². The fourth-order valence-electron chi connectivity index (χ4n) is 3.38. The van der Waals surface area contributed by atoms with Crippen molar-refractivity contribution in [1.82, 2.24) is 4.90 Å². The summed E-state index contributed by atoms with van der Waals surface area (Å²) in [6.45, 7) is 9.55. The largest absolute Gasteiger partial charge is 0.381 e. The number of hydrogen-bond donors (Lipinski definition) is 0. The third-order valence-corrected chi connectivity index (χ3v) is 4.88. The first kappa shape index (κ1) is 18.0. The first-order valence-electron chi connectivity index (χ1n) is 9.47. The van der Waals surface area contributed by atoms with E-state index in [1.807, 2.05) is 0 Å². The van der Waals surface area contributed by atoms with Crippen LogP contribution in [0.25, 0.3) is 0 Å². The molecule has 0 unspecified atom stereocenters. The molecule has 1 heterocycles. The van der Waals surface area contributed by atoms with Gasteiger partial charge in [0.05, 0.1) is 6.61 Å². The number of benzene rings is 2. The molecule has 25 heavy (non-hydrogen) atoms. The van der Waals surface area contributed by atoms with Gasteiger partial charge in [-0.3, -0.25) is 4.90 Å². The van der Waals surface area contributed by atoms with Crippen LogP contribution < -0.4 is 4.90 Å². The number of anilines is 1. The molecule has 1 aliphatic heterocycles. The topological polar surface area (TPSA) is 15.7 Å². The molecule has 1 aliphatic rings. The summed E-state index contributed by atoms with van der Waals surface area (Å²) in [5, 5.41) is 0. The Bertz CT molecular complexity index is 621. The molecule has 0 radical (unpaired) electrons. The van der Waals surface area contributed by atoms with E-state index in [0.717, 1.165) is 58.8 Å². The molecule has 0 aromatic heterocycles. The summed E-state index contributed by atoms with van der Waals surface area (Å²) in [6, 6.07) is 19.4. The van der Waals surface area contributed by atoms with E-state index in [-0.39, 0.29) is 0 Å². The summed E-state index contributed by atoms with van der Waals surface area (Å²) in [4.78, 5) is 5.06. The van der Waals surface area contributed by atoms with Crippen LogP contribution in [-0.2, 0) is 11.2 Å². The van der Waals surface area contributed by atoms with Crippen molar-refractivity contribution in [2.24, 2.45) is 0 Å². The minimum atomic E-state index is 0.825. The second kappa shape index (κ2) is 9.59. The van der Waals surface area contributed by atoms with Crippen LogP contribution in [0.5, 0.6) is 0 Å². The Balaban J connectivity index is 1.27. The van der Waals surface area contributed by atoms with Gasteiger partial charge in [0.2, 0.25) is 0 Å². The zero-order valence-corrected chi connectivity index (χ0v) is 15.4. The average Bonchev–Trinajstić information content (AvgIpc) is 2.66. The Morgan fingerprint density at radius 1 is 0.880 bits per heavy atom. The molecule has 3 rings (SSSR count). The van der Waals surface area contributed by atoms with Crippen LogP contribution >= 0.6 is 0 Å². The zero-order chi connectivity index (χ0) is 17.3. The van der Waals surface area contributed by atoms with E-state index >= 15 is 0 Å². The lowest BCUT2D eigenvalue weighted by atomic mass is 10.2. The SMILES string of the molecule is Cc1cccc(N2CCN(CCCOCCc3ccccc3)CC2)c1. The maximum Gasteiger partial charge on any atom is 0.0506 e. The molecule has 2 aromatic carbocycles. The Hall–Kier alpha value is -1.84. The van der Waals surface area contributed by atoms with Gasteiger partial charge in [0.1, 0.15) is 0 Å². The quantitative estimate of drug-likeness (QED) is 0.682. The molecule has 134 valence electrons.